The number of aryl methyl sites for hydroxylation is 1. The van der Waals surface area contributed by atoms with Crippen LogP contribution in [0.5, 0.6) is 0 Å². The van der Waals surface area contributed by atoms with Gasteiger partial charge in [-0.1, -0.05) is 48.5 Å². The number of benzene rings is 2. The third kappa shape index (κ3) is 4.59. The van der Waals surface area contributed by atoms with Gasteiger partial charge in [-0.15, -0.1) is 0 Å². The highest BCUT2D eigenvalue weighted by Gasteiger charge is 2.32. The maximum Gasteiger partial charge on any atom is 0.283 e. The van der Waals surface area contributed by atoms with E-state index in [1.54, 1.807) is 25.5 Å². The molecule has 0 atom stereocenters. The summed E-state index contributed by atoms with van der Waals surface area (Å²) in [6.45, 7) is 4.37. The molecule has 3 aromatic rings. The van der Waals surface area contributed by atoms with Gasteiger partial charge in [0.25, 0.3) is 5.91 Å². The second-order valence-corrected chi connectivity index (χ2v) is 7.17. The van der Waals surface area contributed by atoms with Crippen LogP contribution in [-0.4, -0.2) is 27.4 Å². The van der Waals surface area contributed by atoms with E-state index in [0.717, 1.165) is 22.4 Å². The molecular weight excluding hydrogens is 386 g/mol. The van der Waals surface area contributed by atoms with Crippen LogP contribution in [0.1, 0.15) is 23.6 Å². The van der Waals surface area contributed by atoms with Crippen molar-refractivity contribution in [3.63, 3.8) is 0 Å². The molecule has 1 aliphatic heterocycles. The average Bonchev–Trinajstić information content (AvgIpc) is 3.13. The normalized spacial score (nSPS) is 15.4. The van der Waals surface area contributed by atoms with E-state index in [0.29, 0.717) is 23.7 Å². The highest BCUT2D eigenvalue weighted by Crippen LogP contribution is 2.23. The fraction of sp³-hybridized carbons (Fsp3) is 0.120. The zero-order valence-electron chi connectivity index (χ0n) is 17.5. The molecule has 0 aliphatic carbocycles. The Kier molecular flexibility index (Phi) is 5.98. The van der Waals surface area contributed by atoms with Gasteiger partial charge in [0.2, 0.25) is 0 Å². The minimum atomic E-state index is -0.212. The molecule has 1 aliphatic rings. The van der Waals surface area contributed by atoms with Gasteiger partial charge in [0.1, 0.15) is 11.5 Å². The molecule has 1 amide bonds. The van der Waals surface area contributed by atoms with Crippen molar-refractivity contribution in [3.8, 4) is 0 Å². The number of rotatable bonds is 5. The lowest BCUT2D eigenvalue weighted by atomic mass is 10.0. The molecule has 0 radical (unpaired) electrons. The number of nitrogens with zero attached hydrogens (tertiary/aromatic N) is 4. The number of para-hydroxylation sites is 1. The van der Waals surface area contributed by atoms with Crippen molar-refractivity contribution in [2.45, 2.75) is 20.4 Å². The van der Waals surface area contributed by atoms with Crippen LogP contribution < -0.4 is 5.32 Å². The van der Waals surface area contributed by atoms with E-state index in [4.69, 9.17) is 0 Å². The summed E-state index contributed by atoms with van der Waals surface area (Å²) in [6.07, 6.45) is 5.22. The maximum absolute atomic E-state index is 13.3. The number of hydrogen-bond donors (Lipinski definition) is 1. The summed E-state index contributed by atoms with van der Waals surface area (Å²) in [5.74, 6) is 0.307. The molecule has 0 saturated heterocycles. The molecule has 31 heavy (non-hydrogen) atoms. The fourth-order valence-electron chi connectivity index (χ4n) is 3.26. The van der Waals surface area contributed by atoms with Crippen molar-refractivity contribution < 1.29 is 4.79 Å². The third-order valence-corrected chi connectivity index (χ3v) is 4.93. The first-order valence-electron chi connectivity index (χ1n) is 10.1. The van der Waals surface area contributed by atoms with Crippen LogP contribution in [0.25, 0.3) is 0 Å². The second-order valence-electron chi connectivity index (χ2n) is 7.17. The smallest absolute Gasteiger partial charge is 0.283 e. The van der Waals surface area contributed by atoms with Crippen LogP contribution in [0, 0.1) is 6.92 Å². The summed E-state index contributed by atoms with van der Waals surface area (Å²) >= 11 is 0. The number of aliphatic imine (C=N–C) groups is 1. The van der Waals surface area contributed by atoms with Crippen molar-refractivity contribution in [1.82, 2.24) is 15.3 Å². The molecule has 6 heteroatoms. The topological polar surface area (TPSA) is 70.0 Å². The summed E-state index contributed by atoms with van der Waals surface area (Å²) in [5.41, 5.74) is 4.92. The SMILES string of the molecule is C/C(=N\c1ccccc1C)N1N=C(c2ccccc2)/C(=C\NCc2ccncc2)C1=O. The molecule has 2 aromatic carbocycles. The van der Waals surface area contributed by atoms with Crippen LogP contribution in [0.15, 0.2) is 101 Å². The minimum Gasteiger partial charge on any atom is -0.386 e. The van der Waals surface area contributed by atoms with Crippen molar-refractivity contribution >= 4 is 23.1 Å². The number of amidine groups is 1. The van der Waals surface area contributed by atoms with Crippen LogP contribution in [0.3, 0.4) is 0 Å². The third-order valence-electron chi connectivity index (χ3n) is 4.93. The average molecular weight is 409 g/mol. The summed E-state index contributed by atoms with van der Waals surface area (Å²) in [7, 11) is 0. The van der Waals surface area contributed by atoms with Gasteiger partial charge in [0, 0.05) is 30.7 Å². The molecule has 0 bridgehead atoms. The monoisotopic (exact) mass is 409 g/mol. The molecule has 1 aromatic heterocycles. The molecule has 6 nitrogen and oxygen atoms in total. The van der Waals surface area contributed by atoms with Crippen LogP contribution in [0.4, 0.5) is 5.69 Å². The van der Waals surface area contributed by atoms with Gasteiger partial charge >= 0.3 is 0 Å². The maximum atomic E-state index is 13.3. The molecular formula is C25H23N5O. The number of carbonyl (C=O) groups excluding carboxylic acids is 1. The number of hydrogen-bond acceptors (Lipinski definition) is 5. The van der Waals surface area contributed by atoms with Crippen molar-refractivity contribution in [1.29, 1.82) is 0 Å². The number of aromatic nitrogens is 1. The Morgan fingerprint density at radius 3 is 2.48 bits per heavy atom. The quantitative estimate of drug-likeness (QED) is 0.387. The lowest BCUT2D eigenvalue weighted by molar-refractivity contribution is -0.122. The van der Waals surface area contributed by atoms with E-state index < -0.39 is 0 Å². The Bertz CT molecular complexity index is 1170. The van der Waals surface area contributed by atoms with Crippen molar-refractivity contribution in [2.75, 3.05) is 0 Å². The van der Waals surface area contributed by atoms with Gasteiger partial charge in [-0.05, 0) is 43.2 Å². The zero-order chi connectivity index (χ0) is 21.6. The van der Waals surface area contributed by atoms with E-state index in [1.165, 1.54) is 5.01 Å². The number of nitrogens with one attached hydrogen (secondary N) is 1. The van der Waals surface area contributed by atoms with Crippen molar-refractivity contribution in [2.24, 2.45) is 10.1 Å². The first kappa shape index (κ1) is 20.2. The fourth-order valence-corrected chi connectivity index (χ4v) is 3.26. The van der Waals surface area contributed by atoms with Gasteiger partial charge in [-0.2, -0.15) is 10.1 Å². The van der Waals surface area contributed by atoms with Gasteiger partial charge in [-0.25, -0.2) is 4.99 Å². The van der Waals surface area contributed by atoms with Gasteiger partial charge in [0.15, 0.2) is 0 Å². The van der Waals surface area contributed by atoms with Crippen molar-refractivity contribution in [3.05, 3.63) is 108 Å². The lowest BCUT2D eigenvalue weighted by Crippen LogP contribution is -2.27. The van der Waals surface area contributed by atoms with Gasteiger partial charge in [-0.3, -0.25) is 9.78 Å². The van der Waals surface area contributed by atoms with E-state index in [-0.39, 0.29) is 5.91 Å². The van der Waals surface area contributed by atoms with Gasteiger partial charge in [0.05, 0.1) is 11.3 Å². The Morgan fingerprint density at radius 1 is 1.03 bits per heavy atom. The molecule has 2 heterocycles. The van der Waals surface area contributed by atoms with Crippen LogP contribution in [0.2, 0.25) is 0 Å². The first-order chi connectivity index (χ1) is 15.1. The molecule has 0 unspecified atom stereocenters. The van der Waals surface area contributed by atoms with E-state index in [1.807, 2.05) is 73.7 Å². The Labute approximate surface area is 181 Å². The number of pyridine rings is 1. The summed E-state index contributed by atoms with van der Waals surface area (Å²) in [4.78, 5) is 21.9. The molecule has 154 valence electrons. The molecule has 0 spiro atoms. The summed E-state index contributed by atoms with van der Waals surface area (Å²) < 4.78 is 0. The van der Waals surface area contributed by atoms with E-state index >= 15 is 0 Å². The van der Waals surface area contributed by atoms with E-state index in [2.05, 4.69) is 20.4 Å². The standard InChI is InChI=1S/C25H23N5O/c1-18-8-6-7-11-23(18)28-19(2)30-25(31)22(17-27-16-20-12-14-26-15-13-20)24(29-30)21-9-4-3-5-10-21/h3-15,17,27H,16H2,1-2H3/b22-17+,28-19+. The van der Waals surface area contributed by atoms with Gasteiger partial charge < -0.3 is 5.32 Å². The first-order valence-corrected chi connectivity index (χ1v) is 10.1. The Morgan fingerprint density at radius 2 is 1.74 bits per heavy atom. The van der Waals surface area contributed by atoms with Crippen LogP contribution >= 0.6 is 0 Å². The Balaban J connectivity index is 1.65. The highest BCUT2D eigenvalue weighted by atomic mass is 16.2. The predicted octanol–water partition coefficient (Wildman–Crippen LogP) is 4.36. The highest BCUT2D eigenvalue weighted by molar-refractivity contribution is 6.33. The molecule has 1 N–H and O–H groups in total. The molecule has 0 saturated carbocycles. The largest absolute Gasteiger partial charge is 0.386 e. The lowest BCUT2D eigenvalue weighted by Gasteiger charge is -2.11. The molecule has 4 rings (SSSR count). The molecule has 0 fully saturated rings. The number of carbonyl (C=O) groups is 1. The van der Waals surface area contributed by atoms with E-state index in [9.17, 15) is 4.79 Å². The Hall–Kier alpha value is -4.06. The second kappa shape index (κ2) is 9.17. The summed E-state index contributed by atoms with van der Waals surface area (Å²) in [5, 5.41) is 9.23. The summed E-state index contributed by atoms with van der Waals surface area (Å²) in [6, 6.07) is 21.4. The minimum absolute atomic E-state index is 0.212. The zero-order valence-corrected chi connectivity index (χ0v) is 17.5. The number of amides is 1. The number of hydrazone groups is 1. The predicted molar refractivity (Wildman–Crippen MR) is 123 cm³/mol. The van der Waals surface area contributed by atoms with Crippen LogP contribution in [-0.2, 0) is 11.3 Å².